The van der Waals surface area contributed by atoms with Gasteiger partial charge in [-0.25, -0.2) is 4.79 Å². The van der Waals surface area contributed by atoms with E-state index in [2.05, 4.69) is 15.4 Å². The maximum atomic E-state index is 11.2. The highest BCUT2D eigenvalue weighted by Crippen LogP contribution is 2.34. The van der Waals surface area contributed by atoms with Gasteiger partial charge >= 0.3 is 20.0 Å². The standard InChI is InChI=1S/C7H8O5P/c1-3-5(2)12-13(9)6-4-10-7(8)11-6/h1,5-6H,4H2,2H3/q+1. The maximum Gasteiger partial charge on any atom is 0.558 e. The summed E-state index contributed by atoms with van der Waals surface area (Å²) >= 11 is 0. The van der Waals surface area contributed by atoms with Crippen LogP contribution in [-0.4, -0.2) is 24.7 Å². The Balaban J connectivity index is 2.41. The van der Waals surface area contributed by atoms with Gasteiger partial charge in [0.2, 0.25) is 0 Å². The summed E-state index contributed by atoms with van der Waals surface area (Å²) in [5.41, 5.74) is 0. The number of carbonyl (C=O) groups excluding carboxylic acids is 1. The Hall–Kier alpha value is -1.11. The molecule has 3 atom stereocenters. The van der Waals surface area contributed by atoms with Crippen molar-refractivity contribution in [2.75, 3.05) is 6.61 Å². The fourth-order valence-electron chi connectivity index (χ4n) is 0.676. The van der Waals surface area contributed by atoms with Gasteiger partial charge in [-0.05, 0) is 11.5 Å². The van der Waals surface area contributed by atoms with Gasteiger partial charge in [0.1, 0.15) is 0 Å². The second kappa shape index (κ2) is 4.22. The van der Waals surface area contributed by atoms with Gasteiger partial charge < -0.3 is 9.47 Å². The molecule has 0 spiro atoms. The molecule has 0 aromatic carbocycles. The van der Waals surface area contributed by atoms with Crippen molar-refractivity contribution in [1.29, 1.82) is 0 Å². The largest absolute Gasteiger partial charge is 0.558 e. The van der Waals surface area contributed by atoms with Gasteiger partial charge in [0.15, 0.2) is 12.7 Å². The third-order valence-electron chi connectivity index (χ3n) is 1.31. The van der Waals surface area contributed by atoms with Crippen LogP contribution in [0.3, 0.4) is 0 Å². The molecule has 6 heteroatoms. The molecule has 1 aliphatic heterocycles. The normalized spacial score (nSPS) is 24.2. The molecule has 0 aromatic heterocycles. The Morgan fingerprint density at radius 1 is 1.85 bits per heavy atom. The highest BCUT2D eigenvalue weighted by Gasteiger charge is 2.44. The molecule has 70 valence electrons. The first kappa shape index (κ1) is 9.97. The molecule has 0 N–H and O–H groups in total. The van der Waals surface area contributed by atoms with E-state index in [1.54, 1.807) is 6.92 Å². The third-order valence-corrected chi connectivity index (χ3v) is 2.56. The Bertz CT molecular complexity index is 269. The molecule has 0 aromatic rings. The summed E-state index contributed by atoms with van der Waals surface area (Å²) in [5, 5.41) is 0. The minimum Gasteiger partial charge on any atom is -0.425 e. The van der Waals surface area contributed by atoms with Crippen LogP contribution in [0.1, 0.15) is 6.92 Å². The van der Waals surface area contributed by atoms with Crippen molar-refractivity contribution >= 4 is 14.2 Å². The van der Waals surface area contributed by atoms with E-state index in [1.807, 2.05) is 0 Å². The molecule has 0 radical (unpaired) electrons. The predicted octanol–water partition coefficient (Wildman–Crippen LogP) is 1.26. The van der Waals surface area contributed by atoms with E-state index in [9.17, 15) is 9.36 Å². The monoisotopic (exact) mass is 203 g/mol. The number of rotatable bonds is 3. The molecule has 5 nitrogen and oxygen atoms in total. The molecule has 3 unspecified atom stereocenters. The third kappa shape index (κ3) is 2.69. The molecule has 1 rings (SSSR count). The fraction of sp³-hybridized carbons (Fsp3) is 0.571. The molecule has 1 fully saturated rings. The van der Waals surface area contributed by atoms with Gasteiger partial charge in [0.25, 0.3) is 0 Å². The highest BCUT2D eigenvalue weighted by molar-refractivity contribution is 7.39. The number of hydrogen-bond acceptors (Lipinski definition) is 5. The second-order valence-electron chi connectivity index (χ2n) is 2.33. The molecular formula is C7H8O5P+. The Morgan fingerprint density at radius 2 is 2.54 bits per heavy atom. The zero-order valence-corrected chi connectivity index (χ0v) is 7.82. The Morgan fingerprint density at radius 3 is 3.00 bits per heavy atom. The molecule has 0 amide bonds. The zero-order chi connectivity index (χ0) is 9.84. The van der Waals surface area contributed by atoms with Crippen molar-refractivity contribution in [3.63, 3.8) is 0 Å². The average Bonchev–Trinajstić information content (AvgIpc) is 2.51. The Kier molecular flexibility index (Phi) is 3.24. The van der Waals surface area contributed by atoms with Crippen molar-refractivity contribution < 1.29 is 23.4 Å². The second-order valence-corrected chi connectivity index (χ2v) is 3.69. The highest BCUT2D eigenvalue weighted by atomic mass is 31.1. The SMILES string of the molecule is C#CC(C)O[P+](=O)C1COC(=O)O1. The van der Waals surface area contributed by atoms with E-state index < -0.39 is 26.1 Å². The van der Waals surface area contributed by atoms with Crippen LogP contribution in [0, 0.1) is 12.3 Å². The first-order chi connectivity index (χ1) is 6.13. The summed E-state index contributed by atoms with van der Waals surface area (Å²) < 4.78 is 25.0. The van der Waals surface area contributed by atoms with Crippen molar-refractivity contribution in [2.24, 2.45) is 0 Å². The van der Waals surface area contributed by atoms with Crippen LogP contribution in [0.5, 0.6) is 0 Å². The van der Waals surface area contributed by atoms with Gasteiger partial charge in [0, 0.05) is 0 Å². The Labute approximate surface area is 76.2 Å². The van der Waals surface area contributed by atoms with Crippen molar-refractivity contribution in [3.8, 4) is 12.3 Å². The molecule has 1 saturated heterocycles. The smallest absolute Gasteiger partial charge is 0.425 e. The van der Waals surface area contributed by atoms with Crippen LogP contribution in [-0.2, 0) is 18.6 Å². The predicted molar refractivity (Wildman–Crippen MR) is 43.2 cm³/mol. The van der Waals surface area contributed by atoms with E-state index >= 15 is 0 Å². The first-order valence-corrected chi connectivity index (χ1v) is 4.81. The number of cyclic esters (lactones) is 2. The number of ether oxygens (including phenoxy) is 2. The van der Waals surface area contributed by atoms with Crippen LogP contribution < -0.4 is 0 Å². The molecule has 13 heavy (non-hydrogen) atoms. The summed E-state index contributed by atoms with van der Waals surface area (Å²) in [6, 6.07) is 0. The van der Waals surface area contributed by atoms with Crippen LogP contribution in [0.15, 0.2) is 0 Å². The van der Waals surface area contributed by atoms with Gasteiger partial charge in [-0.3, -0.25) is 0 Å². The molecule has 0 aliphatic carbocycles. The lowest BCUT2D eigenvalue weighted by atomic mass is 10.4. The number of terminal acetylenes is 1. The topological polar surface area (TPSA) is 61.8 Å². The van der Waals surface area contributed by atoms with Gasteiger partial charge in [-0.15, -0.1) is 10.9 Å². The maximum absolute atomic E-state index is 11.2. The van der Waals surface area contributed by atoms with Crippen molar-refractivity contribution in [2.45, 2.75) is 18.9 Å². The number of carbonyl (C=O) groups is 1. The van der Waals surface area contributed by atoms with Crippen molar-refractivity contribution in [3.05, 3.63) is 0 Å². The van der Waals surface area contributed by atoms with Crippen LogP contribution in [0.25, 0.3) is 0 Å². The summed E-state index contributed by atoms with van der Waals surface area (Å²) in [6.07, 6.45) is 3.61. The van der Waals surface area contributed by atoms with Crippen LogP contribution in [0.2, 0.25) is 0 Å². The minimum atomic E-state index is -2.11. The summed E-state index contributed by atoms with van der Waals surface area (Å²) in [6.45, 7) is 1.52. The number of hydrogen-bond donors (Lipinski definition) is 0. The molecule has 1 aliphatic rings. The lowest BCUT2D eigenvalue weighted by molar-refractivity contribution is 0.126. The lowest BCUT2D eigenvalue weighted by Gasteiger charge is -1.95. The summed E-state index contributed by atoms with van der Waals surface area (Å²) in [4.78, 5) is 10.4. The van der Waals surface area contributed by atoms with Gasteiger partial charge in [-0.1, -0.05) is 5.92 Å². The van der Waals surface area contributed by atoms with Crippen LogP contribution >= 0.6 is 8.03 Å². The lowest BCUT2D eigenvalue weighted by Crippen LogP contribution is -2.08. The molecule has 1 heterocycles. The fourth-order valence-corrected chi connectivity index (χ4v) is 1.55. The van der Waals surface area contributed by atoms with E-state index in [0.29, 0.717) is 0 Å². The summed E-state index contributed by atoms with van der Waals surface area (Å²) in [5.74, 6) is 1.41. The van der Waals surface area contributed by atoms with Gasteiger partial charge in [0.05, 0.1) is 0 Å². The quantitative estimate of drug-likeness (QED) is 0.392. The van der Waals surface area contributed by atoms with Crippen molar-refractivity contribution in [1.82, 2.24) is 0 Å². The van der Waals surface area contributed by atoms with E-state index in [1.165, 1.54) is 0 Å². The average molecular weight is 203 g/mol. The molecule has 0 saturated carbocycles. The van der Waals surface area contributed by atoms with E-state index in [4.69, 9.17) is 10.9 Å². The first-order valence-electron chi connectivity index (χ1n) is 3.56. The van der Waals surface area contributed by atoms with E-state index in [-0.39, 0.29) is 6.61 Å². The minimum absolute atomic E-state index is 0.0503. The van der Waals surface area contributed by atoms with Crippen LogP contribution in [0.4, 0.5) is 4.79 Å². The van der Waals surface area contributed by atoms with E-state index in [0.717, 1.165) is 0 Å². The van der Waals surface area contributed by atoms with Gasteiger partial charge in [-0.2, -0.15) is 0 Å². The summed E-state index contributed by atoms with van der Waals surface area (Å²) in [7, 11) is -2.11. The molecular weight excluding hydrogens is 195 g/mol. The molecule has 0 bridgehead atoms. The zero-order valence-electron chi connectivity index (χ0n) is 6.93.